The van der Waals surface area contributed by atoms with Crippen LogP contribution in [0.4, 0.5) is 4.39 Å². The van der Waals surface area contributed by atoms with Crippen LogP contribution in [0.15, 0.2) is 54.6 Å². The summed E-state index contributed by atoms with van der Waals surface area (Å²) in [7, 11) is 0. The molecule has 2 aromatic rings. The Labute approximate surface area is 181 Å². The lowest BCUT2D eigenvalue weighted by atomic mass is 9.72. The fourth-order valence-electron chi connectivity index (χ4n) is 3.89. The molecule has 2 amide bonds. The Morgan fingerprint density at radius 3 is 2.29 bits per heavy atom. The molecular formula is C24H27FN2O4. The van der Waals surface area contributed by atoms with Gasteiger partial charge in [0.05, 0.1) is 5.41 Å². The van der Waals surface area contributed by atoms with Gasteiger partial charge in [0.25, 0.3) is 5.91 Å². The minimum atomic E-state index is -0.873. The summed E-state index contributed by atoms with van der Waals surface area (Å²) in [5.74, 6) is -1.16. The van der Waals surface area contributed by atoms with Gasteiger partial charge in [0.1, 0.15) is 5.82 Å². The first-order valence-electron chi connectivity index (χ1n) is 10.4. The number of carbonyl (C=O) groups excluding carboxylic acids is 3. The zero-order chi connectivity index (χ0) is 22.3. The van der Waals surface area contributed by atoms with Gasteiger partial charge in [-0.3, -0.25) is 14.4 Å². The first-order valence-corrected chi connectivity index (χ1v) is 10.4. The van der Waals surface area contributed by atoms with Gasteiger partial charge in [-0.05, 0) is 42.5 Å². The zero-order valence-corrected chi connectivity index (χ0v) is 17.6. The lowest BCUT2D eigenvalue weighted by Gasteiger charge is -2.40. The number of ether oxygens (including phenoxy) is 1. The third-order valence-electron chi connectivity index (χ3n) is 5.76. The molecule has 1 fully saturated rings. The van der Waals surface area contributed by atoms with E-state index in [1.807, 2.05) is 30.3 Å². The summed E-state index contributed by atoms with van der Waals surface area (Å²) in [4.78, 5) is 38.7. The van der Waals surface area contributed by atoms with Crippen LogP contribution in [-0.2, 0) is 31.0 Å². The number of hydrogen-bond acceptors (Lipinski definition) is 4. The normalized spacial score (nSPS) is 15.2. The number of rotatable bonds is 7. The van der Waals surface area contributed by atoms with E-state index in [1.165, 1.54) is 19.1 Å². The van der Waals surface area contributed by atoms with Gasteiger partial charge in [-0.2, -0.15) is 0 Å². The molecule has 31 heavy (non-hydrogen) atoms. The first-order chi connectivity index (χ1) is 14.9. The van der Waals surface area contributed by atoms with Crippen LogP contribution in [0.25, 0.3) is 0 Å². The third kappa shape index (κ3) is 5.69. The van der Waals surface area contributed by atoms with E-state index in [0.29, 0.717) is 38.9 Å². The summed E-state index contributed by atoms with van der Waals surface area (Å²) in [6, 6.07) is 15.5. The molecule has 3 rings (SSSR count). The van der Waals surface area contributed by atoms with E-state index in [2.05, 4.69) is 5.32 Å². The largest absolute Gasteiger partial charge is 0.455 e. The molecule has 0 spiro atoms. The summed E-state index contributed by atoms with van der Waals surface area (Å²) < 4.78 is 18.4. The molecular weight excluding hydrogens is 399 g/mol. The first kappa shape index (κ1) is 22.5. The molecule has 6 nitrogen and oxygen atoms in total. The molecule has 1 N–H and O–H groups in total. The Kier molecular flexibility index (Phi) is 7.39. The van der Waals surface area contributed by atoms with E-state index in [9.17, 15) is 18.8 Å². The maximum atomic E-state index is 13.1. The third-order valence-corrected chi connectivity index (χ3v) is 5.76. The molecule has 7 heteroatoms. The smallest absolute Gasteiger partial charge is 0.317 e. The van der Waals surface area contributed by atoms with Crippen molar-refractivity contribution in [1.29, 1.82) is 0 Å². The van der Waals surface area contributed by atoms with Crippen LogP contribution in [0, 0.1) is 5.82 Å². The van der Waals surface area contributed by atoms with Gasteiger partial charge in [-0.25, -0.2) is 4.39 Å². The summed E-state index contributed by atoms with van der Waals surface area (Å²) in [5, 5.41) is 2.72. The Bertz CT molecular complexity index is 907. The molecule has 1 saturated heterocycles. The Morgan fingerprint density at radius 1 is 1.03 bits per heavy atom. The Hall–Kier alpha value is -3.22. The number of likely N-dealkylation sites (tertiary alicyclic amines) is 1. The number of hydrogen-bond donors (Lipinski definition) is 1. The fraction of sp³-hybridized carbons (Fsp3) is 0.375. The SMILES string of the molecule is CC(=O)N1CCC(C(=O)OCC(=O)NCCc2ccc(F)cc2)(c2ccccc2)CC1. The highest BCUT2D eigenvalue weighted by Gasteiger charge is 2.44. The van der Waals surface area contributed by atoms with Gasteiger partial charge in [-0.1, -0.05) is 42.5 Å². The van der Waals surface area contributed by atoms with Crippen molar-refractivity contribution in [3.8, 4) is 0 Å². The molecule has 0 radical (unpaired) electrons. The number of carbonyl (C=O) groups is 3. The number of piperidine rings is 1. The van der Waals surface area contributed by atoms with Crippen molar-refractivity contribution in [2.24, 2.45) is 0 Å². The van der Waals surface area contributed by atoms with Gasteiger partial charge >= 0.3 is 5.97 Å². The molecule has 0 bridgehead atoms. The van der Waals surface area contributed by atoms with E-state index >= 15 is 0 Å². The van der Waals surface area contributed by atoms with Crippen molar-refractivity contribution in [3.05, 3.63) is 71.5 Å². The molecule has 1 heterocycles. The Morgan fingerprint density at radius 2 is 1.68 bits per heavy atom. The second-order valence-corrected chi connectivity index (χ2v) is 7.76. The van der Waals surface area contributed by atoms with Crippen molar-refractivity contribution in [1.82, 2.24) is 10.2 Å². The molecule has 0 atom stereocenters. The number of amides is 2. The minimum absolute atomic E-state index is 0.0180. The van der Waals surface area contributed by atoms with E-state index in [4.69, 9.17) is 4.74 Å². The van der Waals surface area contributed by atoms with Gasteiger partial charge in [0, 0.05) is 26.6 Å². The maximum absolute atomic E-state index is 13.1. The van der Waals surface area contributed by atoms with Crippen LogP contribution in [0.1, 0.15) is 30.9 Å². The molecule has 164 valence electrons. The summed E-state index contributed by atoms with van der Waals surface area (Å²) in [6.07, 6.45) is 1.44. The Balaban J connectivity index is 1.56. The van der Waals surface area contributed by atoms with Crippen LogP contribution in [0.2, 0.25) is 0 Å². The van der Waals surface area contributed by atoms with Crippen molar-refractivity contribution < 1.29 is 23.5 Å². The molecule has 0 saturated carbocycles. The van der Waals surface area contributed by atoms with Gasteiger partial charge in [-0.15, -0.1) is 0 Å². The molecule has 2 aromatic carbocycles. The van der Waals surface area contributed by atoms with E-state index in [0.717, 1.165) is 11.1 Å². The summed E-state index contributed by atoms with van der Waals surface area (Å²) in [5.41, 5.74) is 0.862. The monoisotopic (exact) mass is 426 g/mol. The second-order valence-electron chi connectivity index (χ2n) is 7.76. The average molecular weight is 426 g/mol. The van der Waals surface area contributed by atoms with Crippen LogP contribution < -0.4 is 5.32 Å². The van der Waals surface area contributed by atoms with Crippen molar-refractivity contribution in [2.75, 3.05) is 26.2 Å². The van der Waals surface area contributed by atoms with E-state index in [1.54, 1.807) is 17.0 Å². The number of esters is 1. The van der Waals surface area contributed by atoms with Crippen molar-refractivity contribution in [2.45, 2.75) is 31.6 Å². The molecule has 0 aliphatic carbocycles. The van der Waals surface area contributed by atoms with E-state index in [-0.39, 0.29) is 24.2 Å². The van der Waals surface area contributed by atoms with Crippen molar-refractivity contribution >= 4 is 17.8 Å². The average Bonchev–Trinajstić information content (AvgIpc) is 2.79. The maximum Gasteiger partial charge on any atom is 0.317 e. The summed E-state index contributed by atoms with van der Waals surface area (Å²) in [6.45, 7) is 2.43. The van der Waals surface area contributed by atoms with E-state index < -0.39 is 11.4 Å². The predicted molar refractivity (Wildman–Crippen MR) is 114 cm³/mol. The van der Waals surface area contributed by atoms with Crippen LogP contribution in [0.3, 0.4) is 0 Å². The molecule has 0 unspecified atom stereocenters. The number of benzene rings is 2. The van der Waals surface area contributed by atoms with Gasteiger partial charge in [0.2, 0.25) is 5.91 Å². The lowest BCUT2D eigenvalue weighted by molar-refractivity contribution is -0.157. The molecule has 1 aliphatic heterocycles. The fourth-order valence-corrected chi connectivity index (χ4v) is 3.89. The zero-order valence-electron chi connectivity index (χ0n) is 17.6. The highest BCUT2D eigenvalue weighted by Crippen LogP contribution is 2.37. The minimum Gasteiger partial charge on any atom is -0.455 e. The van der Waals surface area contributed by atoms with Gasteiger partial charge in [0.15, 0.2) is 6.61 Å². The quantitative estimate of drug-likeness (QED) is 0.691. The van der Waals surface area contributed by atoms with Crippen LogP contribution in [0.5, 0.6) is 0 Å². The standard InChI is InChI=1S/C24H27FN2O4/c1-18(28)27-15-12-24(13-16-27,20-5-3-2-4-6-20)23(30)31-17-22(29)26-14-11-19-7-9-21(25)10-8-19/h2-10H,11-17H2,1H3,(H,26,29). The van der Waals surface area contributed by atoms with Crippen molar-refractivity contribution in [3.63, 3.8) is 0 Å². The summed E-state index contributed by atoms with van der Waals surface area (Å²) >= 11 is 0. The highest BCUT2D eigenvalue weighted by atomic mass is 19.1. The molecule has 0 aromatic heterocycles. The topological polar surface area (TPSA) is 75.7 Å². The van der Waals surface area contributed by atoms with Crippen LogP contribution >= 0.6 is 0 Å². The molecule has 1 aliphatic rings. The lowest BCUT2D eigenvalue weighted by Crippen LogP contribution is -2.49. The number of nitrogens with one attached hydrogen (secondary N) is 1. The van der Waals surface area contributed by atoms with Gasteiger partial charge < -0.3 is 15.0 Å². The predicted octanol–water partition coefficient (Wildman–Crippen LogP) is 2.61. The second kappa shape index (κ2) is 10.2. The van der Waals surface area contributed by atoms with Crippen LogP contribution in [-0.4, -0.2) is 48.9 Å². The highest BCUT2D eigenvalue weighted by molar-refractivity contribution is 5.87. The number of nitrogens with zero attached hydrogens (tertiary/aromatic N) is 1. The number of halogens is 1.